The van der Waals surface area contributed by atoms with Gasteiger partial charge in [0, 0.05) is 48.4 Å². The molecule has 0 bridgehead atoms. The minimum Gasteiger partial charge on any atom is -0.309 e. The topological polar surface area (TPSA) is 14.8 Å². The summed E-state index contributed by atoms with van der Waals surface area (Å²) in [4.78, 5) is 2.56. The minimum atomic E-state index is 1.16. The van der Waals surface area contributed by atoms with Crippen LogP contribution in [0.3, 0.4) is 0 Å². The Kier molecular flexibility index (Phi) is 7.05. The molecule has 0 saturated heterocycles. The maximum atomic E-state index is 2.46. The molecule has 13 aromatic rings. The Morgan fingerprint density at radius 1 is 0.271 bits per heavy atom. The van der Waals surface area contributed by atoms with Gasteiger partial charge in [0.05, 0.1) is 42.5 Å². The van der Waals surface area contributed by atoms with Crippen molar-refractivity contribution in [3.05, 3.63) is 200 Å². The predicted molar refractivity (Wildman–Crippen MR) is 254 cm³/mol. The SMILES string of the molecule is c1ccc(-n2c3ccccc3c3cc4c(cc32)c2cc(-c3cc5c(s3)c3sc(-c6ccc7ccccc7c6)cc3n5-c3ccccc3)ccc2n4-c2ccccc2)cc1. The van der Waals surface area contributed by atoms with E-state index in [-0.39, 0.29) is 0 Å². The molecule has 276 valence electrons. The highest BCUT2D eigenvalue weighted by molar-refractivity contribution is 7.30. The number of benzene rings is 8. The van der Waals surface area contributed by atoms with E-state index < -0.39 is 0 Å². The summed E-state index contributed by atoms with van der Waals surface area (Å²) in [6, 6.07) is 73.4. The summed E-state index contributed by atoms with van der Waals surface area (Å²) in [5.74, 6) is 0. The zero-order chi connectivity index (χ0) is 38.6. The van der Waals surface area contributed by atoms with Gasteiger partial charge in [-0.05, 0) is 107 Å². The van der Waals surface area contributed by atoms with Crippen LogP contribution in [-0.4, -0.2) is 13.7 Å². The van der Waals surface area contributed by atoms with Gasteiger partial charge in [-0.2, -0.15) is 0 Å². The van der Waals surface area contributed by atoms with Crippen LogP contribution in [0.25, 0.3) is 113 Å². The van der Waals surface area contributed by atoms with Gasteiger partial charge < -0.3 is 13.7 Å². The molecule has 0 fully saturated rings. The van der Waals surface area contributed by atoms with Crippen LogP contribution in [0, 0.1) is 0 Å². The van der Waals surface area contributed by atoms with Gasteiger partial charge in [-0.15, -0.1) is 22.7 Å². The van der Waals surface area contributed by atoms with Crippen LogP contribution < -0.4 is 0 Å². The lowest BCUT2D eigenvalue weighted by atomic mass is 10.1. The largest absolute Gasteiger partial charge is 0.309 e. The van der Waals surface area contributed by atoms with Gasteiger partial charge in [-0.1, -0.05) is 115 Å². The predicted octanol–water partition coefficient (Wildman–Crippen LogP) is 15.6. The fraction of sp³-hybridized carbons (Fsp3) is 0. The molecule has 0 saturated carbocycles. The standard InChI is InChI=1S/C54H33N3S2/c1-4-16-38(17-5-1)55-45-23-13-12-22-41(45)43-30-48-44(31-47(43)55)42-29-37(26-27-46(42)56(48)39-18-6-2-7-19-39)52-33-50-54(59-52)53-49(57(50)40-20-8-3-9-21-40)32-51(58-53)36-25-24-34-14-10-11-15-35(34)28-36/h1-33H. The maximum absolute atomic E-state index is 2.46. The molecule has 0 aliphatic carbocycles. The van der Waals surface area contributed by atoms with Crippen molar-refractivity contribution in [1.82, 2.24) is 13.7 Å². The van der Waals surface area contributed by atoms with Gasteiger partial charge in [0.1, 0.15) is 0 Å². The molecule has 0 N–H and O–H groups in total. The van der Waals surface area contributed by atoms with Gasteiger partial charge in [-0.3, -0.25) is 0 Å². The number of aromatic nitrogens is 3. The normalized spacial score (nSPS) is 12.1. The number of hydrogen-bond donors (Lipinski definition) is 0. The van der Waals surface area contributed by atoms with Crippen LogP contribution in [0.4, 0.5) is 0 Å². The average Bonchev–Trinajstić information content (AvgIpc) is 4.11. The summed E-state index contributed by atoms with van der Waals surface area (Å²) in [6.45, 7) is 0. The van der Waals surface area contributed by atoms with E-state index in [4.69, 9.17) is 0 Å². The van der Waals surface area contributed by atoms with Crippen molar-refractivity contribution in [3.63, 3.8) is 0 Å². The van der Waals surface area contributed by atoms with E-state index in [0.29, 0.717) is 0 Å². The third kappa shape index (κ3) is 4.93. The second-order valence-electron chi connectivity index (χ2n) is 15.4. The zero-order valence-corrected chi connectivity index (χ0v) is 33.3. The quantitative estimate of drug-likeness (QED) is 0.165. The molecule has 0 unspecified atom stereocenters. The van der Waals surface area contributed by atoms with Gasteiger partial charge in [0.2, 0.25) is 0 Å². The third-order valence-corrected chi connectivity index (χ3v) is 14.5. The molecule has 0 aliphatic heterocycles. The van der Waals surface area contributed by atoms with Crippen molar-refractivity contribution >= 4 is 97.5 Å². The molecule has 0 amide bonds. The number of para-hydroxylation sites is 4. The van der Waals surface area contributed by atoms with Crippen molar-refractivity contribution in [1.29, 1.82) is 0 Å². The lowest BCUT2D eigenvalue weighted by Gasteiger charge is -2.09. The van der Waals surface area contributed by atoms with Gasteiger partial charge in [0.25, 0.3) is 0 Å². The second-order valence-corrected chi connectivity index (χ2v) is 17.5. The minimum absolute atomic E-state index is 1.16. The van der Waals surface area contributed by atoms with E-state index in [0.717, 1.165) is 5.69 Å². The molecular weight excluding hydrogens is 755 g/mol. The summed E-state index contributed by atoms with van der Waals surface area (Å²) in [5.41, 5.74) is 13.3. The van der Waals surface area contributed by atoms with E-state index in [2.05, 4.69) is 214 Å². The highest BCUT2D eigenvalue weighted by Crippen LogP contribution is 2.48. The van der Waals surface area contributed by atoms with E-state index in [1.165, 1.54) is 107 Å². The van der Waals surface area contributed by atoms with Gasteiger partial charge in [-0.25, -0.2) is 0 Å². The molecule has 0 radical (unpaired) electrons. The van der Waals surface area contributed by atoms with Crippen molar-refractivity contribution in [2.24, 2.45) is 0 Å². The smallest absolute Gasteiger partial charge is 0.0711 e. The highest BCUT2D eigenvalue weighted by atomic mass is 32.1. The molecular formula is C54H33N3S2. The van der Waals surface area contributed by atoms with Crippen molar-refractivity contribution in [2.45, 2.75) is 0 Å². The molecule has 5 aromatic heterocycles. The molecule has 59 heavy (non-hydrogen) atoms. The average molecular weight is 788 g/mol. The first kappa shape index (κ1) is 32.9. The summed E-state index contributed by atoms with van der Waals surface area (Å²) < 4.78 is 10.00. The Morgan fingerprint density at radius 3 is 1.32 bits per heavy atom. The summed E-state index contributed by atoms with van der Waals surface area (Å²) in [6.07, 6.45) is 0. The molecule has 0 atom stereocenters. The first-order chi connectivity index (χ1) is 29.2. The molecule has 0 aliphatic rings. The van der Waals surface area contributed by atoms with E-state index in [1.807, 2.05) is 22.7 Å². The summed E-state index contributed by atoms with van der Waals surface area (Å²) in [5, 5.41) is 7.53. The first-order valence-electron chi connectivity index (χ1n) is 20.0. The molecule has 3 nitrogen and oxygen atoms in total. The Bertz CT molecular complexity index is 3770. The maximum Gasteiger partial charge on any atom is 0.0711 e. The van der Waals surface area contributed by atoms with Crippen molar-refractivity contribution < 1.29 is 0 Å². The third-order valence-electron chi connectivity index (χ3n) is 12.0. The molecule has 5 heterocycles. The lowest BCUT2D eigenvalue weighted by molar-refractivity contribution is 1.17. The number of hydrogen-bond acceptors (Lipinski definition) is 2. The second kappa shape index (κ2) is 12.7. The number of nitrogens with zero attached hydrogens (tertiary/aromatic N) is 3. The fourth-order valence-corrected chi connectivity index (χ4v) is 11.8. The van der Waals surface area contributed by atoms with Crippen LogP contribution in [0.1, 0.15) is 0 Å². The van der Waals surface area contributed by atoms with E-state index in [9.17, 15) is 0 Å². The highest BCUT2D eigenvalue weighted by Gasteiger charge is 2.22. The van der Waals surface area contributed by atoms with Crippen LogP contribution >= 0.6 is 22.7 Å². The molecule has 8 aromatic carbocycles. The Labute approximate surface area is 347 Å². The fourth-order valence-electron chi connectivity index (χ4n) is 9.38. The van der Waals surface area contributed by atoms with Crippen LogP contribution in [0.5, 0.6) is 0 Å². The van der Waals surface area contributed by atoms with Crippen LogP contribution in [0.15, 0.2) is 200 Å². The molecule has 13 rings (SSSR count). The summed E-state index contributed by atoms with van der Waals surface area (Å²) >= 11 is 3.81. The summed E-state index contributed by atoms with van der Waals surface area (Å²) in [7, 11) is 0. The molecule has 5 heteroatoms. The lowest BCUT2D eigenvalue weighted by Crippen LogP contribution is -1.94. The molecule has 0 spiro atoms. The monoisotopic (exact) mass is 787 g/mol. The van der Waals surface area contributed by atoms with Crippen LogP contribution in [0.2, 0.25) is 0 Å². The Morgan fingerprint density at radius 2 is 0.712 bits per heavy atom. The zero-order valence-electron chi connectivity index (χ0n) is 31.7. The number of thiophene rings is 2. The van der Waals surface area contributed by atoms with E-state index in [1.54, 1.807) is 0 Å². The van der Waals surface area contributed by atoms with Crippen molar-refractivity contribution in [2.75, 3.05) is 0 Å². The van der Waals surface area contributed by atoms with Gasteiger partial charge >= 0.3 is 0 Å². The number of fused-ring (bicyclic) bond motifs is 10. The Hall–Kier alpha value is -7.18. The first-order valence-corrected chi connectivity index (χ1v) is 21.6. The number of rotatable bonds is 5. The van der Waals surface area contributed by atoms with Crippen LogP contribution in [-0.2, 0) is 0 Å². The van der Waals surface area contributed by atoms with Crippen molar-refractivity contribution in [3.8, 4) is 37.9 Å². The van der Waals surface area contributed by atoms with Gasteiger partial charge in [0.15, 0.2) is 0 Å². The Balaban J connectivity index is 1.05. The van der Waals surface area contributed by atoms with E-state index >= 15 is 0 Å².